The minimum Gasteiger partial charge on any atom is -0.467 e. The number of carbonyl (C=O) groups is 1. The topological polar surface area (TPSA) is 38.3 Å². The number of esters is 1. The molecule has 2 aromatic rings. The van der Waals surface area contributed by atoms with E-state index in [1.165, 1.54) is 13.2 Å². The zero-order valence-electron chi connectivity index (χ0n) is 11.7. The minimum atomic E-state index is -0.713. The fourth-order valence-corrected chi connectivity index (χ4v) is 2.08. The van der Waals surface area contributed by atoms with Crippen LogP contribution in [0.1, 0.15) is 17.2 Å². The number of anilines is 1. The van der Waals surface area contributed by atoms with Gasteiger partial charge in [0.2, 0.25) is 0 Å². The molecule has 21 heavy (non-hydrogen) atoms. The number of hydrogen-bond acceptors (Lipinski definition) is 3. The second-order valence-electron chi connectivity index (χ2n) is 4.62. The van der Waals surface area contributed by atoms with Gasteiger partial charge in [0.05, 0.1) is 7.11 Å². The van der Waals surface area contributed by atoms with E-state index in [-0.39, 0.29) is 5.82 Å². The van der Waals surface area contributed by atoms with Crippen LogP contribution in [0, 0.1) is 12.7 Å². The molecule has 5 heteroatoms. The number of ether oxygens (including phenoxy) is 1. The van der Waals surface area contributed by atoms with Crippen molar-refractivity contribution in [2.75, 3.05) is 12.4 Å². The number of rotatable bonds is 4. The van der Waals surface area contributed by atoms with Crippen molar-refractivity contribution in [1.82, 2.24) is 0 Å². The van der Waals surface area contributed by atoms with Gasteiger partial charge in [-0.2, -0.15) is 0 Å². The molecular weight excluding hydrogens is 293 g/mol. The Balaban J connectivity index is 2.31. The first-order chi connectivity index (χ1) is 10.0. The van der Waals surface area contributed by atoms with Crippen LogP contribution in [0.3, 0.4) is 0 Å². The number of nitrogens with one attached hydrogen (secondary N) is 1. The fraction of sp³-hybridized carbons (Fsp3) is 0.188. The average molecular weight is 308 g/mol. The number of aryl methyl sites for hydroxylation is 1. The van der Waals surface area contributed by atoms with E-state index < -0.39 is 12.0 Å². The van der Waals surface area contributed by atoms with Crippen molar-refractivity contribution in [2.45, 2.75) is 13.0 Å². The highest BCUT2D eigenvalue weighted by Crippen LogP contribution is 2.24. The molecule has 0 bridgehead atoms. The SMILES string of the molecule is COC(=O)C(Nc1ccc(Cl)cc1)c1ccc(F)c(C)c1. The third-order valence-electron chi connectivity index (χ3n) is 3.11. The Morgan fingerprint density at radius 1 is 1.24 bits per heavy atom. The van der Waals surface area contributed by atoms with Crippen LogP contribution in [0.5, 0.6) is 0 Å². The summed E-state index contributed by atoms with van der Waals surface area (Å²) in [7, 11) is 1.31. The molecule has 0 saturated carbocycles. The van der Waals surface area contributed by atoms with Crippen LogP contribution in [-0.4, -0.2) is 13.1 Å². The summed E-state index contributed by atoms with van der Waals surface area (Å²) in [4.78, 5) is 12.0. The van der Waals surface area contributed by atoms with E-state index in [9.17, 15) is 9.18 Å². The Morgan fingerprint density at radius 2 is 1.90 bits per heavy atom. The average Bonchev–Trinajstić information content (AvgIpc) is 2.49. The number of hydrogen-bond donors (Lipinski definition) is 1. The maximum Gasteiger partial charge on any atom is 0.332 e. The first kappa shape index (κ1) is 15.3. The Labute approximate surface area is 127 Å². The Morgan fingerprint density at radius 3 is 2.48 bits per heavy atom. The third kappa shape index (κ3) is 3.73. The van der Waals surface area contributed by atoms with Gasteiger partial charge in [-0.15, -0.1) is 0 Å². The second kappa shape index (κ2) is 6.59. The van der Waals surface area contributed by atoms with Crippen LogP contribution in [-0.2, 0) is 9.53 Å². The van der Waals surface area contributed by atoms with Gasteiger partial charge in [0.25, 0.3) is 0 Å². The van der Waals surface area contributed by atoms with Gasteiger partial charge in [-0.1, -0.05) is 23.7 Å². The summed E-state index contributed by atoms with van der Waals surface area (Å²) in [6.07, 6.45) is 0. The maximum atomic E-state index is 13.4. The molecule has 0 fully saturated rings. The summed E-state index contributed by atoms with van der Waals surface area (Å²) in [5.74, 6) is -0.759. The smallest absolute Gasteiger partial charge is 0.332 e. The lowest BCUT2D eigenvalue weighted by Crippen LogP contribution is -2.22. The van der Waals surface area contributed by atoms with Crippen LogP contribution in [0.4, 0.5) is 10.1 Å². The molecule has 0 heterocycles. The van der Waals surface area contributed by atoms with E-state index in [0.717, 1.165) is 5.69 Å². The molecule has 1 N–H and O–H groups in total. The minimum absolute atomic E-state index is 0.311. The second-order valence-corrected chi connectivity index (χ2v) is 5.05. The molecule has 0 aliphatic rings. The molecule has 2 aromatic carbocycles. The van der Waals surface area contributed by atoms with E-state index in [1.54, 1.807) is 43.3 Å². The number of benzene rings is 2. The van der Waals surface area contributed by atoms with Gasteiger partial charge in [0, 0.05) is 10.7 Å². The Hall–Kier alpha value is -2.07. The molecule has 0 aliphatic carbocycles. The van der Waals surface area contributed by atoms with Crippen molar-refractivity contribution >= 4 is 23.3 Å². The van der Waals surface area contributed by atoms with Gasteiger partial charge in [-0.05, 0) is 48.4 Å². The molecule has 110 valence electrons. The molecular formula is C16H15ClFNO2. The molecule has 3 nitrogen and oxygen atoms in total. The van der Waals surface area contributed by atoms with Gasteiger partial charge in [0.15, 0.2) is 6.04 Å². The van der Waals surface area contributed by atoms with E-state index in [0.29, 0.717) is 16.1 Å². The Bertz CT molecular complexity index is 643. The van der Waals surface area contributed by atoms with E-state index in [4.69, 9.17) is 16.3 Å². The normalized spacial score (nSPS) is 11.8. The number of halogens is 2. The van der Waals surface area contributed by atoms with Gasteiger partial charge in [0.1, 0.15) is 5.82 Å². The summed E-state index contributed by atoms with van der Waals surface area (Å²) in [5, 5.41) is 3.67. The van der Waals surface area contributed by atoms with Crippen LogP contribution in [0.25, 0.3) is 0 Å². The summed E-state index contributed by atoms with van der Waals surface area (Å²) in [6.45, 7) is 1.65. The van der Waals surface area contributed by atoms with Crippen molar-refractivity contribution in [3.63, 3.8) is 0 Å². The summed E-state index contributed by atoms with van der Waals surface area (Å²) < 4.78 is 18.2. The zero-order chi connectivity index (χ0) is 15.4. The quantitative estimate of drug-likeness (QED) is 0.864. The van der Waals surface area contributed by atoms with Crippen molar-refractivity contribution in [3.8, 4) is 0 Å². The summed E-state index contributed by atoms with van der Waals surface area (Å²) in [6, 6.07) is 10.8. The Kier molecular flexibility index (Phi) is 4.81. The van der Waals surface area contributed by atoms with Crippen LogP contribution in [0.2, 0.25) is 5.02 Å². The molecule has 0 saturated heterocycles. The molecule has 0 aromatic heterocycles. The lowest BCUT2D eigenvalue weighted by atomic mass is 10.0. The monoisotopic (exact) mass is 307 g/mol. The predicted molar refractivity (Wildman–Crippen MR) is 81.0 cm³/mol. The first-order valence-corrected chi connectivity index (χ1v) is 6.75. The standard InChI is InChI=1S/C16H15ClFNO2/c1-10-9-11(3-8-14(10)18)15(16(20)21-2)19-13-6-4-12(17)5-7-13/h3-9,15,19H,1-2H3. The highest BCUT2D eigenvalue weighted by Gasteiger charge is 2.22. The first-order valence-electron chi connectivity index (χ1n) is 6.37. The zero-order valence-corrected chi connectivity index (χ0v) is 12.4. The lowest BCUT2D eigenvalue weighted by Gasteiger charge is -2.18. The molecule has 0 spiro atoms. The third-order valence-corrected chi connectivity index (χ3v) is 3.36. The van der Waals surface area contributed by atoms with Crippen molar-refractivity contribution in [1.29, 1.82) is 0 Å². The summed E-state index contributed by atoms with van der Waals surface area (Å²) >= 11 is 5.83. The molecule has 1 atom stereocenters. The lowest BCUT2D eigenvalue weighted by molar-refractivity contribution is -0.141. The fourth-order valence-electron chi connectivity index (χ4n) is 1.96. The predicted octanol–water partition coefficient (Wildman–Crippen LogP) is 4.11. The molecule has 2 rings (SSSR count). The number of methoxy groups -OCH3 is 1. The van der Waals surface area contributed by atoms with Gasteiger partial charge < -0.3 is 10.1 Å². The van der Waals surface area contributed by atoms with Gasteiger partial charge in [-0.25, -0.2) is 9.18 Å². The van der Waals surface area contributed by atoms with E-state index >= 15 is 0 Å². The van der Waals surface area contributed by atoms with Crippen molar-refractivity contribution in [3.05, 3.63) is 64.4 Å². The van der Waals surface area contributed by atoms with Crippen LogP contribution < -0.4 is 5.32 Å². The summed E-state index contributed by atoms with van der Waals surface area (Å²) in [5.41, 5.74) is 1.83. The molecule has 0 aliphatic heterocycles. The van der Waals surface area contributed by atoms with E-state index in [1.807, 2.05) is 0 Å². The van der Waals surface area contributed by atoms with Gasteiger partial charge in [-0.3, -0.25) is 0 Å². The van der Waals surface area contributed by atoms with Crippen LogP contribution >= 0.6 is 11.6 Å². The molecule has 0 radical (unpaired) electrons. The molecule has 1 unspecified atom stereocenters. The largest absolute Gasteiger partial charge is 0.467 e. The van der Waals surface area contributed by atoms with Crippen molar-refractivity contribution in [2.24, 2.45) is 0 Å². The highest BCUT2D eigenvalue weighted by atomic mass is 35.5. The van der Waals surface area contributed by atoms with Crippen molar-refractivity contribution < 1.29 is 13.9 Å². The van der Waals surface area contributed by atoms with Gasteiger partial charge >= 0.3 is 5.97 Å². The van der Waals surface area contributed by atoms with E-state index in [2.05, 4.69) is 5.32 Å². The maximum absolute atomic E-state index is 13.4. The van der Waals surface area contributed by atoms with Crippen LogP contribution in [0.15, 0.2) is 42.5 Å². The highest BCUT2D eigenvalue weighted by molar-refractivity contribution is 6.30. The number of carbonyl (C=O) groups excluding carboxylic acids is 1. The molecule has 0 amide bonds.